The van der Waals surface area contributed by atoms with Crippen molar-refractivity contribution in [1.29, 1.82) is 0 Å². The van der Waals surface area contributed by atoms with Gasteiger partial charge in [0.25, 0.3) is 0 Å². The third kappa shape index (κ3) is 2.64. The van der Waals surface area contributed by atoms with Crippen molar-refractivity contribution in [3.63, 3.8) is 0 Å². The number of fused-ring (bicyclic) bond motifs is 1. The van der Waals surface area contributed by atoms with Crippen LogP contribution in [0.3, 0.4) is 0 Å². The van der Waals surface area contributed by atoms with Crippen LogP contribution in [0, 0.1) is 6.92 Å². The summed E-state index contributed by atoms with van der Waals surface area (Å²) >= 11 is 0. The zero-order chi connectivity index (χ0) is 13.0. The Bertz CT molecular complexity index is 520. The first-order valence-electron chi connectivity index (χ1n) is 6.38. The largest absolute Gasteiger partial charge is 0.497 e. The summed E-state index contributed by atoms with van der Waals surface area (Å²) in [6.07, 6.45) is 2.97. The van der Waals surface area contributed by atoms with Gasteiger partial charge in [-0.2, -0.15) is 0 Å². The summed E-state index contributed by atoms with van der Waals surface area (Å²) in [6, 6.07) is 5.96. The van der Waals surface area contributed by atoms with E-state index in [1.54, 1.807) is 7.11 Å². The van der Waals surface area contributed by atoms with Crippen molar-refractivity contribution >= 4 is 11.0 Å². The quantitative estimate of drug-likeness (QED) is 0.799. The van der Waals surface area contributed by atoms with Crippen molar-refractivity contribution in [3.8, 4) is 5.75 Å². The number of rotatable bonds is 6. The summed E-state index contributed by atoms with van der Waals surface area (Å²) in [6.45, 7) is 3.24. The molecule has 1 aromatic carbocycles. The van der Waals surface area contributed by atoms with E-state index in [4.69, 9.17) is 9.84 Å². The monoisotopic (exact) mass is 248 g/mol. The van der Waals surface area contributed by atoms with Crippen LogP contribution >= 0.6 is 0 Å². The Morgan fingerprint density at radius 1 is 1.28 bits per heavy atom. The van der Waals surface area contributed by atoms with Gasteiger partial charge in [0.1, 0.15) is 11.6 Å². The van der Waals surface area contributed by atoms with Crippen LogP contribution in [0.25, 0.3) is 11.0 Å². The van der Waals surface area contributed by atoms with Crippen LogP contribution in [0.1, 0.15) is 25.1 Å². The molecule has 0 aliphatic heterocycles. The molecule has 98 valence electrons. The zero-order valence-corrected chi connectivity index (χ0v) is 11.0. The van der Waals surface area contributed by atoms with Crippen LogP contribution in [0.2, 0.25) is 0 Å². The first-order chi connectivity index (χ1) is 8.76. The number of benzene rings is 1. The average molecular weight is 248 g/mol. The fourth-order valence-corrected chi connectivity index (χ4v) is 2.19. The number of unbranched alkanes of at least 4 members (excludes halogenated alkanes) is 2. The van der Waals surface area contributed by atoms with Gasteiger partial charge in [0.2, 0.25) is 0 Å². The maximum Gasteiger partial charge on any atom is 0.121 e. The molecule has 0 atom stereocenters. The molecule has 4 heteroatoms. The highest BCUT2D eigenvalue weighted by molar-refractivity contribution is 5.77. The molecule has 0 saturated heterocycles. The van der Waals surface area contributed by atoms with E-state index in [1.807, 2.05) is 25.1 Å². The Hall–Kier alpha value is -1.55. The van der Waals surface area contributed by atoms with Gasteiger partial charge in [0.15, 0.2) is 0 Å². The highest BCUT2D eigenvalue weighted by Crippen LogP contribution is 2.22. The van der Waals surface area contributed by atoms with Gasteiger partial charge in [-0.1, -0.05) is 0 Å². The third-order valence-corrected chi connectivity index (χ3v) is 3.19. The number of aromatic nitrogens is 2. The molecular weight excluding hydrogens is 228 g/mol. The second-order valence-corrected chi connectivity index (χ2v) is 4.45. The first kappa shape index (κ1) is 12.9. The highest BCUT2D eigenvalue weighted by atomic mass is 16.5. The Labute approximate surface area is 107 Å². The number of imidazole rings is 1. The van der Waals surface area contributed by atoms with Crippen LogP contribution in [-0.2, 0) is 6.54 Å². The molecule has 0 amide bonds. The summed E-state index contributed by atoms with van der Waals surface area (Å²) in [5.74, 6) is 1.89. The van der Waals surface area contributed by atoms with E-state index in [2.05, 4.69) is 9.55 Å². The van der Waals surface area contributed by atoms with Crippen molar-refractivity contribution < 1.29 is 9.84 Å². The van der Waals surface area contributed by atoms with E-state index in [1.165, 1.54) is 0 Å². The van der Waals surface area contributed by atoms with Crippen molar-refractivity contribution in [2.24, 2.45) is 0 Å². The van der Waals surface area contributed by atoms with Crippen molar-refractivity contribution in [2.45, 2.75) is 32.7 Å². The van der Waals surface area contributed by atoms with Crippen LogP contribution in [0.15, 0.2) is 18.2 Å². The number of methoxy groups -OCH3 is 1. The van der Waals surface area contributed by atoms with Gasteiger partial charge in [-0.25, -0.2) is 4.98 Å². The van der Waals surface area contributed by atoms with Gasteiger partial charge in [0.05, 0.1) is 18.1 Å². The number of hydrogen-bond acceptors (Lipinski definition) is 3. The minimum Gasteiger partial charge on any atom is -0.497 e. The molecule has 0 fully saturated rings. The number of aliphatic hydroxyl groups excluding tert-OH is 1. The predicted molar refractivity (Wildman–Crippen MR) is 72.0 cm³/mol. The van der Waals surface area contributed by atoms with Crippen molar-refractivity contribution in [3.05, 3.63) is 24.0 Å². The van der Waals surface area contributed by atoms with Crippen molar-refractivity contribution in [1.82, 2.24) is 9.55 Å². The Morgan fingerprint density at radius 2 is 2.11 bits per heavy atom. The Morgan fingerprint density at radius 3 is 2.83 bits per heavy atom. The van der Waals surface area contributed by atoms with E-state index in [0.29, 0.717) is 0 Å². The summed E-state index contributed by atoms with van der Waals surface area (Å²) in [7, 11) is 1.68. The van der Waals surface area contributed by atoms with Gasteiger partial charge in [-0.15, -0.1) is 0 Å². The average Bonchev–Trinajstić information content (AvgIpc) is 2.70. The van der Waals surface area contributed by atoms with Crippen LogP contribution in [0.4, 0.5) is 0 Å². The SMILES string of the molecule is COc1ccc2nc(C)n(CCCCCO)c2c1. The van der Waals surface area contributed by atoms with Crippen LogP contribution < -0.4 is 4.74 Å². The molecule has 1 N–H and O–H groups in total. The lowest BCUT2D eigenvalue weighted by Crippen LogP contribution is -2.01. The summed E-state index contributed by atoms with van der Waals surface area (Å²) in [5.41, 5.74) is 2.13. The smallest absolute Gasteiger partial charge is 0.121 e. The molecule has 18 heavy (non-hydrogen) atoms. The molecule has 2 rings (SSSR count). The molecule has 0 radical (unpaired) electrons. The maximum absolute atomic E-state index is 8.78. The Balaban J connectivity index is 2.22. The molecule has 0 aliphatic carbocycles. The molecule has 1 aromatic heterocycles. The molecule has 0 saturated carbocycles. The molecule has 0 spiro atoms. The summed E-state index contributed by atoms with van der Waals surface area (Å²) in [5, 5.41) is 8.78. The van der Waals surface area contributed by atoms with Gasteiger partial charge in [0, 0.05) is 19.2 Å². The van der Waals surface area contributed by atoms with Gasteiger partial charge >= 0.3 is 0 Å². The standard InChI is InChI=1S/C14H20N2O2/c1-11-15-13-7-6-12(18-2)10-14(13)16(11)8-4-3-5-9-17/h6-7,10,17H,3-5,8-9H2,1-2H3. The predicted octanol–water partition coefficient (Wildman–Crippen LogP) is 2.52. The second kappa shape index (κ2) is 5.87. The van der Waals surface area contributed by atoms with Gasteiger partial charge in [-0.3, -0.25) is 0 Å². The number of aliphatic hydroxyl groups is 1. The van der Waals surface area contributed by atoms with E-state index in [-0.39, 0.29) is 6.61 Å². The fraction of sp³-hybridized carbons (Fsp3) is 0.500. The van der Waals surface area contributed by atoms with E-state index in [0.717, 1.165) is 48.4 Å². The minimum absolute atomic E-state index is 0.275. The summed E-state index contributed by atoms with van der Waals surface area (Å²) < 4.78 is 7.47. The second-order valence-electron chi connectivity index (χ2n) is 4.45. The lowest BCUT2D eigenvalue weighted by atomic mass is 10.2. The molecule has 4 nitrogen and oxygen atoms in total. The molecule has 2 aromatic rings. The molecule has 0 aliphatic rings. The lowest BCUT2D eigenvalue weighted by Gasteiger charge is -2.07. The molecule has 0 bridgehead atoms. The van der Waals surface area contributed by atoms with Gasteiger partial charge in [-0.05, 0) is 38.3 Å². The van der Waals surface area contributed by atoms with Crippen molar-refractivity contribution in [2.75, 3.05) is 13.7 Å². The van der Waals surface area contributed by atoms with Crippen LogP contribution in [0.5, 0.6) is 5.75 Å². The fourth-order valence-electron chi connectivity index (χ4n) is 2.19. The topological polar surface area (TPSA) is 47.3 Å². The first-order valence-corrected chi connectivity index (χ1v) is 6.38. The lowest BCUT2D eigenvalue weighted by molar-refractivity contribution is 0.282. The number of ether oxygens (including phenoxy) is 1. The minimum atomic E-state index is 0.275. The third-order valence-electron chi connectivity index (χ3n) is 3.19. The van der Waals surface area contributed by atoms with Crippen LogP contribution in [-0.4, -0.2) is 28.4 Å². The van der Waals surface area contributed by atoms with E-state index < -0.39 is 0 Å². The maximum atomic E-state index is 8.78. The van der Waals surface area contributed by atoms with E-state index in [9.17, 15) is 0 Å². The molecular formula is C14H20N2O2. The van der Waals surface area contributed by atoms with E-state index >= 15 is 0 Å². The van der Waals surface area contributed by atoms with Gasteiger partial charge < -0.3 is 14.4 Å². The number of nitrogens with zero attached hydrogens (tertiary/aromatic N) is 2. The summed E-state index contributed by atoms with van der Waals surface area (Å²) in [4.78, 5) is 4.55. The number of hydrogen-bond donors (Lipinski definition) is 1. The molecule has 0 unspecified atom stereocenters. The zero-order valence-electron chi connectivity index (χ0n) is 11.0. The Kier molecular flexibility index (Phi) is 4.20. The highest BCUT2D eigenvalue weighted by Gasteiger charge is 2.07. The number of aryl methyl sites for hydroxylation is 2. The normalized spacial score (nSPS) is 11.1. The molecule has 1 heterocycles.